The lowest BCUT2D eigenvalue weighted by atomic mass is 9.95. The fraction of sp³-hybridized carbons (Fsp3) is 0.350. The first-order chi connectivity index (χ1) is 11.5. The minimum atomic E-state index is -0.0946. The van der Waals surface area contributed by atoms with Gasteiger partial charge in [-0.1, -0.05) is 44.2 Å². The van der Waals surface area contributed by atoms with Crippen molar-refractivity contribution in [2.75, 3.05) is 7.11 Å². The molecule has 2 aromatic carbocycles. The smallest absolute Gasteiger partial charge is 0.251 e. The summed E-state index contributed by atoms with van der Waals surface area (Å²) in [5, 5.41) is 3.14. The van der Waals surface area contributed by atoms with Gasteiger partial charge in [-0.2, -0.15) is 0 Å². The third-order valence-electron chi connectivity index (χ3n) is 3.98. The van der Waals surface area contributed by atoms with Crippen LogP contribution < -0.4 is 15.8 Å². The van der Waals surface area contributed by atoms with Crippen molar-refractivity contribution < 1.29 is 9.53 Å². The topological polar surface area (TPSA) is 64.3 Å². The Balaban J connectivity index is 0.00000312. The number of nitrogens with two attached hydrogens (primary N) is 1. The molecule has 4 nitrogen and oxygen atoms in total. The number of rotatable bonds is 7. The van der Waals surface area contributed by atoms with E-state index in [1.165, 1.54) is 0 Å². The molecule has 0 aliphatic rings. The molecule has 0 aliphatic heterocycles. The summed E-state index contributed by atoms with van der Waals surface area (Å²) >= 11 is 0. The largest absolute Gasteiger partial charge is 0.496 e. The molecule has 0 radical (unpaired) electrons. The normalized spacial score (nSPS) is 11.6. The Morgan fingerprint density at radius 1 is 1.12 bits per heavy atom. The number of hydrogen-bond donors (Lipinski definition) is 2. The Kier molecular flexibility index (Phi) is 8.46. The average molecular weight is 363 g/mol. The number of carbonyl (C=O) groups is 1. The van der Waals surface area contributed by atoms with Crippen LogP contribution in [0.1, 0.15) is 47.8 Å². The summed E-state index contributed by atoms with van der Waals surface area (Å²) in [4.78, 5) is 12.6. The third-order valence-corrected chi connectivity index (χ3v) is 3.98. The van der Waals surface area contributed by atoms with Gasteiger partial charge in [0.1, 0.15) is 5.75 Å². The lowest BCUT2D eigenvalue weighted by Crippen LogP contribution is -2.29. The molecule has 1 atom stereocenters. The Morgan fingerprint density at radius 3 is 2.32 bits per heavy atom. The van der Waals surface area contributed by atoms with Gasteiger partial charge in [0.2, 0.25) is 0 Å². The molecule has 1 amide bonds. The maximum atomic E-state index is 12.6. The van der Waals surface area contributed by atoms with E-state index >= 15 is 0 Å². The van der Waals surface area contributed by atoms with Crippen molar-refractivity contribution in [2.24, 2.45) is 11.7 Å². The molecule has 0 aromatic heterocycles. The predicted molar refractivity (Wildman–Crippen MR) is 104 cm³/mol. The van der Waals surface area contributed by atoms with Crippen LogP contribution in [0, 0.1) is 5.92 Å². The highest BCUT2D eigenvalue weighted by molar-refractivity contribution is 5.94. The maximum Gasteiger partial charge on any atom is 0.251 e. The molecule has 2 aromatic rings. The van der Waals surface area contributed by atoms with Crippen LogP contribution in [0.25, 0.3) is 0 Å². The van der Waals surface area contributed by atoms with Crippen LogP contribution in [-0.2, 0) is 6.54 Å². The van der Waals surface area contributed by atoms with Gasteiger partial charge in [0.15, 0.2) is 0 Å². The zero-order valence-electron chi connectivity index (χ0n) is 15.0. The summed E-state index contributed by atoms with van der Waals surface area (Å²) in [5.41, 5.74) is 8.25. The van der Waals surface area contributed by atoms with Gasteiger partial charge in [-0.05, 0) is 36.1 Å². The van der Waals surface area contributed by atoms with Crippen LogP contribution in [0.5, 0.6) is 5.75 Å². The van der Waals surface area contributed by atoms with Crippen LogP contribution in [0.4, 0.5) is 0 Å². The third kappa shape index (κ3) is 5.76. The first-order valence-electron chi connectivity index (χ1n) is 8.28. The van der Waals surface area contributed by atoms with Crippen molar-refractivity contribution in [3.8, 4) is 5.75 Å². The van der Waals surface area contributed by atoms with Crippen molar-refractivity contribution in [3.63, 3.8) is 0 Å². The van der Waals surface area contributed by atoms with E-state index in [2.05, 4.69) is 19.2 Å². The van der Waals surface area contributed by atoms with Crippen molar-refractivity contribution in [1.82, 2.24) is 5.32 Å². The molecule has 136 valence electrons. The molecule has 2 rings (SSSR count). The number of benzene rings is 2. The highest BCUT2D eigenvalue weighted by Gasteiger charge is 2.20. The van der Waals surface area contributed by atoms with Crippen molar-refractivity contribution >= 4 is 18.3 Å². The summed E-state index contributed by atoms with van der Waals surface area (Å²) in [7, 11) is 1.65. The minimum Gasteiger partial charge on any atom is -0.496 e. The van der Waals surface area contributed by atoms with Crippen molar-refractivity contribution in [1.29, 1.82) is 0 Å². The SMILES string of the molecule is COc1ccccc1C(CC(C)C)NC(=O)c1ccc(CN)cc1.Cl. The molecule has 0 saturated heterocycles. The highest BCUT2D eigenvalue weighted by atomic mass is 35.5. The van der Waals surface area contributed by atoms with Gasteiger partial charge >= 0.3 is 0 Å². The second-order valence-corrected chi connectivity index (χ2v) is 6.30. The molecule has 0 aliphatic carbocycles. The maximum absolute atomic E-state index is 12.6. The highest BCUT2D eigenvalue weighted by Crippen LogP contribution is 2.29. The Bertz CT molecular complexity index is 672. The number of amides is 1. The molecular weight excluding hydrogens is 336 g/mol. The van der Waals surface area contributed by atoms with Gasteiger partial charge in [-0.15, -0.1) is 12.4 Å². The van der Waals surface area contributed by atoms with E-state index in [1.54, 1.807) is 7.11 Å². The van der Waals surface area contributed by atoms with Crippen LogP contribution in [0.3, 0.4) is 0 Å². The van der Waals surface area contributed by atoms with E-state index < -0.39 is 0 Å². The van der Waals surface area contributed by atoms with Crippen LogP contribution in [0.15, 0.2) is 48.5 Å². The number of nitrogens with one attached hydrogen (secondary N) is 1. The Hall–Kier alpha value is -2.04. The lowest BCUT2D eigenvalue weighted by molar-refractivity contribution is 0.0931. The molecule has 0 heterocycles. The molecule has 0 spiro atoms. The molecule has 0 bridgehead atoms. The summed E-state index contributed by atoms with van der Waals surface area (Å²) in [5.74, 6) is 1.15. The Morgan fingerprint density at radius 2 is 1.76 bits per heavy atom. The lowest BCUT2D eigenvalue weighted by Gasteiger charge is -2.23. The van der Waals surface area contributed by atoms with E-state index in [4.69, 9.17) is 10.5 Å². The zero-order chi connectivity index (χ0) is 17.5. The number of methoxy groups -OCH3 is 1. The van der Waals surface area contributed by atoms with E-state index in [-0.39, 0.29) is 24.4 Å². The van der Waals surface area contributed by atoms with Crippen LogP contribution >= 0.6 is 12.4 Å². The van der Waals surface area contributed by atoms with E-state index in [0.29, 0.717) is 18.0 Å². The van der Waals surface area contributed by atoms with E-state index in [0.717, 1.165) is 23.3 Å². The second-order valence-electron chi connectivity index (χ2n) is 6.30. The van der Waals surface area contributed by atoms with Crippen LogP contribution in [-0.4, -0.2) is 13.0 Å². The van der Waals surface area contributed by atoms with Gasteiger partial charge in [0, 0.05) is 17.7 Å². The number of hydrogen-bond acceptors (Lipinski definition) is 3. The first-order valence-corrected chi connectivity index (χ1v) is 8.28. The van der Waals surface area contributed by atoms with Crippen molar-refractivity contribution in [3.05, 3.63) is 65.2 Å². The van der Waals surface area contributed by atoms with Crippen molar-refractivity contribution in [2.45, 2.75) is 32.9 Å². The number of carbonyl (C=O) groups excluding carboxylic acids is 1. The minimum absolute atomic E-state index is 0. The summed E-state index contributed by atoms with van der Waals surface area (Å²) in [6, 6.07) is 15.1. The second kappa shape index (κ2) is 10.1. The summed E-state index contributed by atoms with van der Waals surface area (Å²) < 4.78 is 5.46. The van der Waals surface area contributed by atoms with Gasteiger partial charge in [0.25, 0.3) is 5.91 Å². The fourth-order valence-electron chi connectivity index (χ4n) is 2.72. The summed E-state index contributed by atoms with van der Waals surface area (Å²) in [6.45, 7) is 4.76. The van der Waals surface area contributed by atoms with Crippen LogP contribution in [0.2, 0.25) is 0 Å². The van der Waals surface area contributed by atoms with Gasteiger partial charge in [-0.3, -0.25) is 4.79 Å². The average Bonchev–Trinajstić information content (AvgIpc) is 2.60. The van der Waals surface area contributed by atoms with E-state index in [9.17, 15) is 4.79 Å². The molecule has 0 fully saturated rings. The first kappa shape index (κ1) is 21.0. The molecule has 5 heteroatoms. The monoisotopic (exact) mass is 362 g/mol. The van der Waals surface area contributed by atoms with E-state index in [1.807, 2.05) is 48.5 Å². The quantitative estimate of drug-likeness (QED) is 0.779. The number of halogens is 1. The summed E-state index contributed by atoms with van der Waals surface area (Å²) in [6.07, 6.45) is 0.840. The fourth-order valence-corrected chi connectivity index (χ4v) is 2.72. The predicted octanol–water partition coefficient (Wildman–Crippen LogP) is 4.09. The number of para-hydroxylation sites is 1. The zero-order valence-corrected chi connectivity index (χ0v) is 15.8. The van der Waals surface area contributed by atoms with Gasteiger partial charge in [0.05, 0.1) is 13.2 Å². The molecule has 1 unspecified atom stereocenters. The van der Waals surface area contributed by atoms with Gasteiger partial charge < -0.3 is 15.8 Å². The molecular formula is C20H27ClN2O2. The van der Waals surface area contributed by atoms with Gasteiger partial charge in [-0.25, -0.2) is 0 Å². The molecule has 25 heavy (non-hydrogen) atoms. The molecule has 3 N–H and O–H groups in total. The molecule has 0 saturated carbocycles. The number of ether oxygens (including phenoxy) is 1. The Labute approximate surface area is 156 Å². The standard InChI is InChI=1S/C20H26N2O2.ClH/c1-14(2)12-18(17-6-4-5-7-19(17)24-3)22-20(23)16-10-8-15(13-21)9-11-16;/h4-11,14,18H,12-13,21H2,1-3H3,(H,22,23);1H.